The van der Waals surface area contributed by atoms with Crippen LogP contribution in [0.15, 0.2) is 194 Å². The van der Waals surface area contributed by atoms with Gasteiger partial charge in [-0.25, -0.2) is 4.98 Å². The minimum Gasteiger partial charge on any atom is -0.256 e. The number of para-hydroxylation sites is 1. The van der Waals surface area contributed by atoms with E-state index in [-0.39, 0.29) is 0 Å². The van der Waals surface area contributed by atoms with E-state index in [4.69, 9.17) is 9.97 Å². The molecule has 2 nitrogen and oxygen atoms in total. The smallest absolute Gasteiger partial charge is 0.0780 e. The molecule has 9 aromatic rings. The zero-order valence-corrected chi connectivity index (χ0v) is 27.4. The third-order valence-electron chi connectivity index (χ3n) is 9.52. The molecule has 0 aliphatic carbocycles. The SMILES string of the molecule is c1ccc(-c2cccc(-c3ccc4nc(-c5cccc(-c6ccccc6)c5)cc(-c5ccc(-c6cccc7cccnc67)cc5)c4c3)c2)cc1. The van der Waals surface area contributed by atoms with Crippen molar-refractivity contribution in [2.24, 2.45) is 0 Å². The molecule has 0 saturated carbocycles. The van der Waals surface area contributed by atoms with E-state index in [0.29, 0.717) is 0 Å². The second kappa shape index (κ2) is 12.8. The lowest BCUT2D eigenvalue weighted by Gasteiger charge is -2.14. The Hall–Kier alpha value is -6.64. The van der Waals surface area contributed by atoms with E-state index < -0.39 is 0 Å². The second-order valence-electron chi connectivity index (χ2n) is 12.6. The Morgan fingerprint density at radius 1 is 0.320 bits per heavy atom. The van der Waals surface area contributed by atoms with Crippen molar-refractivity contribution >= 4 is 21.8 Å². The van der Waals surface area contributed by atoms with Gasteiger partial charge in [-0.15, -0.1) is 0 Å². The van der Waals surface area contributed by atoms with Gasteiger partial charge in [-0.3, -0.25) is 4.98 Å². The molecule has 0 bridgehead atoms. The summed E-state index contributed by atoms with van der Waals surface area (Å²) >= 11 is 0. The molecule has 0 saturated heterocycles. The Labute approximate surface area is 292 Å². The Bertz CT molecular complexity index is 2620. The van der Waals surface area contributed by atoms with Crippen LogP contribution in [0.2, 0.25) is 0 Å². The molecule has 2 heterocycles. The molecule has 0 N–H and O–H groups in total. The molecule has 50 heavy (non-hydrogen) atoms. The van der Waals surface area contributed by atoms with Crippen LogP contribution in [0.25, 0.3) is 88.7 Å². The van der Waals surface area contributed by atoms with Crippen LogP contribution in [0, 0.1) is 0 Å². The first kappa shape index (κ1) is 29.5. The standard InChI is InChI=1S/C48H32N2/c1-3-11-33(12-4-1)38-16-7-18-40(29-38)41-26-27-46-45(31-41)44(32-47(50-46)42-19-8-17-39(30-42)34-13-5-2-6-14-34)36-24-22-35(23-25-36)43-21-9-15-37-20-10-28-49-48(37)43/h1-32H. The summed E-state index contributed by atoms with van der Waals surface area (Å²) in [5.74, 6) is 0. The fourth-order valence-electron chi connectivity index (χ4n) is 6.96. The number of fused-ring (bicyclic) bond motifs is 2. The maximum Gasteiger partial charge on any atom is 0.0780 e. The lowest BCUT2D eigenvalue weighted by molar-refractivity contribution is 1.39. The molecule has 2 heteroatoms. The van der Waals surface area contributed by atoms with Gasteiger partial charge in [-0.1, -0.05) is 152 Å². The molecule has 9 rings (SSSR count). The predicted octanol–water partition coefficient (Wildman–Crippen LogP) is 12.8. The van der Waals surface area contributed by atoms with Crippen molar-refractivity contribution in [3.05, 3.63) is 194 Å². The summed E-state index contributed by atoms with van der Waals surface area (Å²) in [4.78, 5) is 9.97. The summed E-state index contributed by atoms with van der Waals surface area (Å²) in [5, 5.41) is 2.26. The lowest BCUT2D eigenvalue weighted by Crippen LogP contribution is -1.92. The first-order valence-corrected chi connectivity index (χ1v) is 17.0. The van der Waals surface area contributed by atoms with Gasteiger partial charge in [0.05, 0.1) is 16.7 Å². The van der Waals surface area contributed by atoms with Gasteiger partial charge in [0.2, 0.25) is 0 Å². The highest BCUT2D eigenvalue weighted by Gasteiger charge is 2.14. The third kappa shape index (κ3) is 5.63. The highest BCUT2D eigenvalue weighted by atomic mass is 14.7. The summed E-state index contributed by atoms with van der Waals surface area (Å²) < 4.78 is 0. The molecule has 0 unspecified atom stereocenters. The van der Waals surface area contributed by atoms with Crippen LogP contribution in [-0.2, 0) is 0 Å². The molecule has 0 fully saturated rings. The molecule has 0 aliphatic rings. The van der Waals surface area contributed by atoms with E-state index >= 15 is 0 Å². The van der Waals surface area contributed by atoms with Crippen LogP contribution < -0.4 is 0 Å². The average molecular weight is 637 g/mol. The van der Waals surface area contributed by atoms with E-state index in [2.05, 4.69) is 182 Å². The number of hydrogen-bond donors (Lipinski definition) is 0. The number of pyridine rings is 2. The molecular formula is C48H32N2. The maximum atomic E-state index is 5.26. The van der Waals surface area contributed by atoms with E-state index in [9.17, 15) is 0 Å². The Morgan fingerprint density at radius 3 is 1.54 bits per heavy atom. The third-order valence-corrected chi connectivity index (χ3v) is 9.52. The van der Waals surface area contributed by atoms with Crippen molar-refractivity contribution in [3.8, 4) is 66.9 Å². The van der Waals surface area contributed by atoms with Gasteiger partial charge in [0.1, 0.15) is 0 Å². The molecule has 7 aromatic carbocycles. The van der Waals surface area contributed by atoms with Crippen molar-refractivity contribution in [1.82, 2.24) is 9.97 Å². The van der Waals surface area contributed by atoms with Crippen molar-refractivity contribution in [1.29, 1.82) is 0 Å². The molecule has 0 atom stereocenters. The molecular weight excluding hydrogens is 605 g/mol. The molecule has 0 aliphatic heterocycles. The monoisotopic (exact) mass is 636 g/mol. The average Bonchev–Trinajstić information content (AvgIpc) is 3.21. The van der Waals surface area contributed by atoms with Crippen LogP contribution in [0.5, 0.6) is 0 Å². The maximum absolute atomic E-state index is 5.26. The number of rotatable bonds is 6. The highest BCUT2D eigenvalue weighted by molar-refractivity contribution is 6.00. The zero-order chi connectivity index (χ0) is 33.3. The summed E-state index contributed by atoms with van der Waals surface area (Å²) in [7, 11) is 0. The van der Waals surface area contributed by atoms with Crippen molar-refractivity contribution in [2.75, 3.05) is 0 Å². The number of benzene rings is 7. The van der Waals surface area contributed by atoms with Gasteiger partial charge in [0.15, 0.2) is 0 Å². The summed E-state index contributed by atoms with van der Waals surface area (Å²) in [5.41, 5.74) is 15.7. The molecule has 0 amide bonds. The Kier molecular flexibility index (Phi) is 7.53. The molecule has 0 spiro atoms. The van der Waals surface area contributed by atoms with Crippen molar-refractivity contribution in [3.63, 3.8) is 0 Å². The number of hydrogen-bond acceptors (Lipinski definition) is 2. The van der Waals surface area contributed by atoms with Gasteiger partial charge in [0.25, 0.3) is 0 Å². The molecule has 2 aromatic heterocycles. The Morgan fingerprint density at radius 2 is 0.840 bits per heavy atom. The van der Waals surface area contributed by atoms with Gasteiger partial charge in [-0.05, 0) is 86.5 Å². The van der Waals surface area contributed by atoms with E-state index in [0.717, 1.165) is 60.9 Å². The van der Waals surface area contributed by atoms with Crippen LogP contribution in [0.3, 0.4) is 0 Å². The first-order chi connectivity index (χ1) is 24.8. The minimum atomic E-state index is 0.950. The molecule has 234 valence electrons. The second-order valence-corrected chi connectivity index (χ2v) is 12.6. The quantitative estimate of drug-likeness (QED) is 0.181. The minimum absolute atomic E-state index is 0.950. The fourth-order valence-corrected chi connectivity index (χ4v) is 6.96. The summed E-state index contributed by atoms with van der Waals surface area (Å²) in [6.45, 7) is 0. The van der Waals surface area contributed by atoms with Crippen molar-refractivity contribution < 1.29 is 0 Å². The van der Waals surface area contributed by atoms with Gasteiger partial charge in [0, 0.05) is 28.1 Å². The van der Waals surface area contributed by atoms with Crippen LogP contribution in [0.4, 0.5) is 0 Å². The topological polar surface area (TPSA) is 25.8 Å². The lowest BCUT2D eigenvalue weighted by atomic mass is 9.93. The summed E-state index contributed by atoms with van der Waals surface area (Å²) in [6.07, 6.45) is 1.87. The van der Waals surface area contributed by atoms with E-state index in [1.165, 1.54) is 27.8 Å². The van der Waals surface area contributed by atoms with Crippen LogP contribution >= 0.6 is 0 Å². The zero-order valence-electron chi connectivity index (χ0n) is 27.4. The van der Waals surface area contributed by atoms with Gasteiger partial charge < -0.3 is 0 Å². The summed E-state index contributed by atoms with van der Waals surface area (Å²) in [6, 6.07) is 66.9. The highest BCUT2D eigenvalue weighted by Crippen LogP contribution is 2.37. The van der Waals surface area contributed by atoms with Gasteiger partial charge in [-0.2, -0.15) is 0 Å². The van der Waals surface area contributed by atoms with E-state index in [1.807, 2.05) is 12.3 Å². The number of nitrogens with zero attached hydrogens (tertiary/aromatic N) is 2. The Balaban J connectivity index is 1.19. The normalized spacial score (nSPS) is 11.2. The van der Waals surface area contributed by atoms with Crippen LogP contribution in [-0.4, -0.2) is 9.97 Å². The predicted molar refractivity (Wildman–Crippen MR) is 210 cm³/mol. The van der Waals surface area contributed by atoms with Crippen LogP contribution in [0.1, 0.15) is 0 Å². The van der Waals surface area contributed by atoms with Crippen molar-refractivity contribution in [2.45, 2.75) is 0 Å². The largest absolute Gasteiger partial charge is 0.256 e. The first-order valence-electron chi connectivity index (χ1n) is 17.0. The molecule has 0 radical (unpaired) electrons. The fraction of sp³-hybridized carbons (Fsp3) is 0. The van der Waals surface area contributed by atoms with Gasteiger partial charge >= 0.3 is 0 Å². The number of aromatic nitrogens is 2. The van der Waals surface area contributed by atoms with E-state index in [1.54, 1.807) is 0 Å².